The van der Waals surface area contributed by atoms with Crippen LogP contribution >= 0.6 is 0 Å². The van der Waals surface area contributed by atoms with Crippen molar-refractivity contribution in [1.82, 2.24) is 15.0 Å². The minimum atomic E-state index is -0.0990. The van der Waals surface area contributed by atoms with Crippen molar-refractivity contribution in [2.75, 3.05) is 0 Å². The number of rotatable bonds is 0. The zero-order valence-electron chi connectivity index (χ0n) is 7.24. The van der Waals surface area contributed by atoms with Crippen molar-refractivity contribution < 1.29 is 0 Å². The van der Waals surface area contributed by atoms with Crippen molar-refractivity contribution in [3.8, 4) is 0 Å². The molecule has 2 aromatic heterocycles. The van der Waals surface area contributed by atoms with Crippen molar-refractivity contribution in [3.63, 3.8) is 0 Å². The summed E-state index contributed by atoms with van der Waals surface area (Å²) >= 11 is 0. The molecule has 4 heteroatoms. The standard InChI is InChI=1S/C10H7N3O/c14-10-7-3-6-1-2-11-8(6)4-9(7)12-5-13-10/h1-5,11H,(H,12,13,14). The lowest BCUT2D eigenvalue weighted by atomic mass is 10.2. The van der Waals surface area contributed by atoms with Gasteiger partial charge in [0.1, 0.15) is 0 Å². The molecule has 0 atom stereocenters. The molecule has 0 aliphatic heterocycles. The highest BCUT2D eigenvalue weighted by molar-refractivity contribution is 5.94. The summed E-state index contributed by atoms with van der Waals surface area (Å²) < 4.78 is 0. The van der Waals surface area contributed by atoms with E-state index in [9.17, 15) is 4.79 Å². The Morgan fingerprint density at radius 2 is 2.14 bits per heavy atom. The van der Waals surface area contributed by atoms with Gasteiger partial charge in [0.25, 0.3) is 5.56 Å². The first kappa shape index (κ1) is 7.32. The van der Waals surface area contributed by atoms with E-state index in [1.807, 2.05) is 24.4 Å². The van der Waals surface area contributed by atoms with Crippen LogP contribution in [0.4, 0.5) is 0 Å². The van der Waals surface area contributed by atoms with E-state index in [1.54, 1.807) is 0 Å². The molecule has 0 aliphatic rings. The molecule has 0 unspecified atom stereocenters. The normalized spacial score (nSPS) is 11.1. The number of aromatic nitrogens is 3. The van der Waals surface area contributed by atoms with Crippen molar-refractivity contribution in [1.29, 1.82) is 0 Å². The first-order chi connectivity index (χ1) is 6.84. The summed E-state index contributed by atoms with van der Waals surface area (Å²) in [6, 6.07) is 5.65. The van der Waals surface area contributed by atoms with E-state index in [4.69, 9.17) is 0 Å². The molecule has 0 saturated carbocycles. The molecule has 68 valence electrons. The zero-order chi connectivity index (χ0) is 9.54. The third-order valence-corrected chi connectivity index (χ3v) is 2.31. The zero-order valence-corrected chi connectivity index (χ0v) is 7.24. The largest absolute Gasteiger partial charge is 0.361 e. The maximum atomic E-state index is 11.4. The second-order valence-corrected chi connectivity index (χ2v) is 3.17. The number of nitrogens with one attached hydrogen (secondary N) is 2. The monoisotopic (exact) mass is 185 g/mol. The fourth-order valence-electron chi connectivity index (χ4n) is 1.62. The van der Waals surface area contributed by atoms with Gasteiger partial charge in [-0.25, -0.2) is 4.98 Å². The number of hydrogen-bond donors (Lipinski definition) is 2. The molecule has 1 aromatic carbocycles. The van der Waals surface area contributed by atoms with Crippen molar-refractivity contribution in [2.45, 2.75) is 0 Å². The fraction of sp³-hybridized carbons (Fsp3) is 0. The molecule has 2 heterocycles. The predicted molar refractivity (Wildman–Crippen MR) is 54.2 cm³/mol. The molecule has 2 N–H and O–H groups in total. The Bertz CT molecular complexity index is 665. The summed E-state index contributed by atoms with van der Waals surface area (Å²) in [5.74, 6) is 0. The van der Waals surface area contributed by atoms with Crippen molar-refractivity contribution in [2.24, 2.45) is 0 Å². The number of hydrogen-bond acceptors (Lipinski definition) is 2. The van der Waals surface area contributed by atoms with Crippen molar-refractivity contribution in [3.05, 3.63) is 41.1 Å². The minimum Gasteiger partial charge on any atom is -0.361 e. The number of fused-ring (bicyclic) bond motifs is 2. The fourth-order valence-corrected chi connectivity index (χ4v) is 1.62. The molecule has 0 amide bonds. The van der Waals surface area contributed by atoms with Crippen molar-refractivity contribution >= 4 is 21.8 Å². The van der Waals surface area contributed by atoms with Crippen LogP contribution < -0.4 is 5.56 Å². The quantitative estimate of drug-likeness (QED) is 0.556. The lowest BCUT2D eigenvalue weighted by Crippen LogP contribution is -2.05. The van der Waals surface area contributed by atoms with E-state index >= 15 is 0 Å². The van der Waals surface area contributed by atoms with Crippen LogP contribution in [-0.2, 0) is 0 Å². The predicted octanol–water partition coefficient (Wildman–Crippen LogP) is 1.40. The van der Waals surface area contributed by atoms with Gasteiger partial charge in [-0.05, 0) is 18.2 Å². The first-order valence-electron chi connectivity index (χ1n) is 4.29. The first-order valence-corrected chi connectivity index (χ1v) is 4.29. The second-order valence-electron chi connectivity index (χ2n) is 3.17. The molecule has 0 saturated heterocycles. The van der Waals surface area contributed by atoms with Gasteiger partial charge in [0.2, 0.25) is 0 Å². The van der Waals surface area contributed by atoms with Crippen LogP contribution in [0.1, 0.15) is 0 Å². The Morgan fingerprint density at radius 3 is 3.07 bits per heavy atom. The maximum Gasteiger partial charge on any atom is 0.258 e. The van der Waals surface area contributed by atoms with Crippen LogP contribution in [-0.4, -0.2) is 15.0 Å². The summed E-state index contributed by atoms with van der Waals surface area (Å²) in [6.45, 7) is 0. The van der Waals surface area contributed by atoms with Crippen LogP contribution in [0, 0.1) is 0 Å². The van der Waals surface area contributed by atoms with Crippen LogP contribution in [0.15, 0.2) is 35.5 Å². The summed E-state index contributed by atoms with van der Waals surface area (Å²) in [5, 5.41) is 1.65. The van der Waals surface area contributed by atoms with Crippen LogP contribution in [0.25, 0.3) is 21.8 Å². The lowest BCUT2D eigenvalue weighted by molar-refractivity contribution is 1.17. The molecule has 0 radical (unpaired) electrons. The van der Waals surface area contributed by atoms with Gasteiger partial charge in [0, 0.05) is 17.1 Å². The highest BCUT2D eigenvalue weighted by atomic mass is 16.1. The summed E-state index contributed by atoms with van der Waals surface area (Å²) in [7, 11) is 0. The third-order valence-electron chi connectivity index (χ3n) is 2.31. The van der Waals surface area contributed by atoms with Gasteiger partial charge in [-0.3, -0.25) is 4.79 Å². The second kappa shape index (κ2) is 2.45. The minimum absolute atomic E-state index is 0.0990. The maximum absolute atomic E-state index is 11.4. The third kappa shape index (κ3) is 0.877. The molecule has 0 fully saturated rings. The topological polar surface area (TPSA) is 61.5 Å². The molecule has 4 nitrogen and oxygen atoms in total. The molecular weight excluding hydrogens is 178 g/mol. The molecule has 0 bridgehead atoms. The Kier molecular flexibility index (Phi) is 1.28. The molecule has 14 heavy (non-hydrogen) atoms. The van der Waals surface area contributed by atoms with Crippen LogP contribution in [0.5, 0.6) is 0 Å². The van der Waals surface area contributed by atoms with Gasteiger partial charge in [-0.1, -0.05) is 0 Å². The Balaban J connectivity index is 2.63. The van der Waals surface area contributed by atoms with E-state index in [-0.39, 0.29) is 5.56 Å². The van der Waals surface area contributed by atoms with E-state index in [1.165, 1.54) is 6.33 Å². The van der Waals surface area contributed by atoms with E-state index in [0.29, 0.717) is 10.9 Å². The lowest BCUT2D eigenvalue weighted by Gasteiger charge is -1.95. The number of nitrogens with zero attached hydrogens (tertiary/aromatic N) is 1. The average molecular weight is 185 g/mol. The molecular formula is C10H7N3O. The Morgan fingerprint density at radius 1 is 1.21 bits per heavy atom. The SMILES string of the molecule is O=c1[nH]cnc2cc3[nH]ccc3cc12. The highest BCUT2D eigenvalue weighted by Gasteiger charge is 2.01. The van der Waals surface area contributed by atoms with Gasteiger partial charge in [0.05, 0.1) is 17.2 Å². The van der Waals surface area contributed by atoms with Gasteiger partial charge in [0.15, 0.2) is 0 Å². The summed E-state index contributed by atoms with van der Waals surface area (Å²) in [5.41, 5.74) is 1.61. The van der Waals surface area contributed by atoms with Gasteiger partial charge >= 0.3 is 0 Å². The average Bonchev–Trinajstić information content (AvgIpc) is 2.62. The molecule has 3 aromatic rings. The summed E-state index contributed by atoms with van der Waals surface area (Å²) in [6.07, 6.45) is 3.26. The number of aromatic amines is 2. The van der Waals surface area contributed by atoms with E-state index < -0.39 is 0 Å². The van der Waals surface area contributed by atoms with Gasteiger partial charge in [-0.15, -0.1) is 0 Å². The molecule has 0 aliphatic carbocycles. The Labute approximate surface area is 78.6 Å². The van der Waals surface area contributed by atoms with Gasteiger partial charge in [-0.2, -0.15) is 0 Å². The van der Waals surface area contributed by atoms with Crippen LogP contribution in [0.2, 0.25) is 0 Å². The number of H-pyrrole nitrogens is 2. The van der Waals surface area contributed by atoms with E-state index in [2.05, 4.69) is 15.0 Å². The Hall–Kier alpha value is -2.10. The summed E-state index contributed by atoms with van der Waals surface area (Å²) in [4.78, 5) is 21.2. The molecule has 0 spiro atoms. The number of benzene rings is 1. The highest BCUT2D eigenvalue weighted by Crippen LogP contribution is 2.16. The van der Waals surface area contributed by atoms with Gasteiger partial charge < -0.3 is 9.97 Å². The van der Waals surface area contributed by atoms with Crippen LogP contribution in [0.3, 0.4) is 0 Å². The molecule has 3 rings (SSSR count). The van der Waals surface area contributed by atoms with E-state index in [0.717, 1.165) is 10.9 Å². The smallest absolute Gasteiger partial charge is 0.258 e.